The Morgan fingerprint density at radius 1 is 1.43 bits per heavy atom. The molecule has 0 radical (unpaired) electrons. The zero-order chi connectivity index (χ0) is 9.97. The summed E-state index contributed by atoms with van der Waals surface area (Å²) in [6.45, 7) is 3.15. The summed E-state index contributed by atoms with van der Waals surface area (Å²) in [6, 6.07) is 7.16. The second kappa shape index (κ2) is 3.80. The van der Waals surface area contributed by atoms with Gasteiger partial charge in [-0.1, -0.05) is 12.1 Å². The normalized spacial score (nSPS) is 16.3. The zero-order valence-corrected chi connectivity index (χ0v) is 7.94. The first-order valence-electron chi connectivity index (χ1n) is 4.80. The Bertz CT molecular complexity index is 345. The summed E-state index contributed by atoms with van der Waals surface area (Å²) >= 11 is 0. The molecule has 0 atom stereocenters. The van der Waals surface area contributed by atoms with Gasteiger partial charge >= 0.3 is 5.97 Å². The lowest BCUT2D eigenvalue weighted by Gasteiger charge is -2.30. The van der Waals surface area contributed by atoms with E-state index >= 15 is 0 Å². The summed E-state index contributed by atoms with van der Waals surface area (Å²) in [5.74, 6) is -0.851. The van der Waals surface area contributed by atoms with Crippen LogP contribution in [0, 0.1) is 0 Å². The smallest absolute Gasteiger partial charge is 0.335 e. The van der Waals surface area contributed by atoms with Crippen molar-refractivity contribution in [3.05, 3.63) is 35.4 Å². The van der Waals surface area contributed by atoms with E-state index < -0.39 is 5.97 Å². The van der Waals surface area contributed by atoms with Crippen molar-refractivity contribution in [3.63, 3.8) is 0 Å². The van der Waals surface area contributed by atoms with Crippen molar-refractivity contribution >= 4 is 5.97 Å². The molecule has 1 fully saturated rings. The van der Waals surface area contributed by atoms with Gasteiger partial charge < -0.3 is 5.11 Å². The number of benzene rings is 1. The van der Waals surface area contributed by atoms with E-state index in [0.29, 0.717) is 5.56 Å². The Hall–Kier alpha value is -1.35. The average molecular weight is 191 g/mol. The fourth-order valence-electron chi connectivity index (χ4n) is 1.60. The predicted octanol–water partition coefficient (Wildman–Crippen LogP) is 1.59. The average Bonchev–Trinajstić information content (AvgIpc) is 2.12. The minimum atomic E-state index is -0.851. The van der Waals surface area contributed by atoms with Crippen LogP contribution in [0.2, 0.25) is 0 Å². The number of rotatable bonds is 3. The van der Waals surface area contributed by atoms with Crippen LogP contribution in [0.3, 0.4) is 0 Å². The SMILES string of the molecule is O=C(O)c1cccc(CN2CCC2)c1. The van der Waals surface area contributed by atoms with Gasteiger partial charge in [0.15, 0.2) is 0 Å². The number of hydrogen-bond donors (Lipinski definition) is 1. The van der Waals surface area contributed by atoms with Gasteiger partial charge in [0.2, 0.25) is 0 Å². The molecule has 74 valence electrons. The first-order valence-corrected chi connectivity index (χ1v) is 4.80. The van der Waals surface area contributed by atoms with Crippen molar-refractivity contribution in [2.24, 2.45) is 0 Å². The van der Waals surface area contributed by atoms with Crippen LogP contribution in [-0.2, 0) is 6.54 Å². The van der Waals surface area contributed by atoms with Crippen LogP contribution < -0.4 is 0 Å². The molecule has 0 aliphatic carbocycles. The molecule has 0 saturated carbocycles. The highest BCUT2D eigenvalue weighted by Gasteiger charge is 2.14. The fourth-order valence-corrected chi connectivity index (χ4v) is 1.60. The van der Waals surface area contributed by atoms with Gasteiger partial charge in [-0.15, -0.1) is 0 Å². The van der Waals surface area contributed by atoms with Crippen molar-refractivity contribution in [2.45, 2.75) is 13.0 Å². The van der Waals surface area contributed by atoms with Gasteiger partial charge in [-0.3, -0.25) is 4.90 Å². The van der Waals surface area contributed by atoms with Crippen LogP contribution in [-0.4, -0.2) is 29.1 Å². The number of hydrogen-bond acceptors (Lipinski definition) is 2. The number of carbonyl (C=O) groups is 1. The lowest BCUT2D eigenvalue weighted by molar-refractivity contribution is 0.0696. The summed E-state index contributed by atoms with van der Waals surface area (Å²) in [4.78, 5) is 13.0. The van der Waals surface area contributed by atoms with Gasteiger partial charge in [0, 0.05) is 6.54 Å². The number of likely N-dealkylation sites (tertiary alicyclic amines) is 1. The summed E-state index contributed by atoms with van der Waals surface area (Å²) in [7, 11) is 0. The summed E-state index contributed by atoms with van der Waals surface area (Å²) < 4.78 is 0. The molecular formula is C11H13NO2. The molecule has 0 bridgehead atoms. The Kier molecular flexibility index (Phi) is 2.50. The molecule has 1 aliphatic rings. The topological polar surface area (TPSA) is 40.5 Å². The summed E-state index contributed by atoms with van der Waals surface area (Å²) in [5.41, 5.74) is 1.47. The molecule has 14 heavy (non-hydrogen) atoms. The molecule has 0 amide bonds. The maximum Gasteiger partial charge on any atom is 0.335 e. The third-order valence-electron chi connectivity index (χ3n) is 2.53. The van der Waals surface area contributed by atoms with E-state index in [1.807, 2.05) is 6.07 Å². The molecule has 2 rings (SSSR count). The Morgan fingerprint density at radius 3 is 2.79 bits per heavy atom. The second-order valence-corrected chi connectivity index (χ2v) is 3.64. The molecule has 3 heteroatoms. The summed E-state index contributed by atoms with van der Waals surface area (Å²) in [5, 5.41) is 8.80. The van der Waals surface area contributed by atoms with E-state index in [1.165, 1.54) is 6.42 Å². The third kappa shape index (κ3) is 1.93. The van der Waals surface area contributed by atoms with E-state index in [-0.39, 0.29) is 0 Å². The van der Waals surface area contributed by atoms with E-state index in [9.17, 15) is 4.79 Å². The van der Waals surface area contributed by atoms with Crippen molar-refractivity contribution in [3.8, 4) is 0 Å². The quantitative estimate of drug-likeness (QED) is 0.788. The first-order chi connectivity index (χ1) is 6.75. The van der Waals surface area contributed by atoms with Crippen molar-refractivity contribution in [2.75, 3.05) is 13.1 Å². The van der Waals surface area contributed by atoms with E-state index in [1.54, 1.807) is 18.2 Å². The fraction of sp³-hybridized carbons (Fsp3) is 0.364. The minimum Gasteiger partial charge on any atom is -0.478 e. The first kappa shape index (κ1) is 9.21. The number of carboxylic acids is 1. The Morgan fingerprint density at radius 2 is 2.21 bits per heavy atom. The van der Waals surface area contributed by atoms with Gasteiger partial charge in [-0.05, 0) is 37.2 Å². The molecule has 1 N–H and O–H groups in total. The third-order valence-corrected chi connectivity index (χ3v) is 2.53. The standard InChI is InChI=1S/C11H13NO2/c13-11(14)10-4-1-3-9(7-10)8-12-5-2-6-12/h1,3-4,7H,2,5-6,8H2,(H,13,14). The largest absolute Gasteiger partial charge is 0.478 e. The molecule has 1 aromatic carbocycles. The lowest BCUT2D eigenvalue weighted by Crippen LogP contribution is -2.36. The Balaban J connectivity index is 2.09. The highest BCUT2D eigenvalue weighted by Crippen LogP contribution is 2.13. The maximum absolute atomic E-state index is 10.7. The molecule has 0 aromatic heterocycles. The van der Waals surface area contributed by atoms with Crippen LogP contribution in [0.4, 0.5) is 0 Å². The molecule has 1 aromatic rings. The molecule has 1 heterocycles. The van der Waals surface area contributed by atoms with Gasteiger partial charge in [-0.25, -0.2) is 4.79 Å². The maximum atomic E-state index is 10.7. The minimum absolute atomic E-state index is 0.378. The highest BCUT2D eigenvalue weighted by atomic mass is 16.4. The van der Waals surface area contributed by atoms with Crippen LogP contribution in [0.5, 0.6) is 0 Å². The number of carboxylic acid groups (broad SMARTS) is 1. The van der Waals surface area contributed by atoms with Gasteiger partial charge in [-0.2, -0.15) is 0 Å². The van der Waals surface area contributed by atoms with E-state index in [0.717, 1.165) is 25.2 Å². The van der Waals surface area contributed by atoms with Crippen molar-refractivity contribution in [1.29, 1.82) is 0 Å². The van der Waals surface area contributed by atoms with Gasteiger partial charge in [0.05, 0.1) is 5.56 Å². The number of aromatic carboxylic acids is 1. The lowest BCUT2D eigenvalue weighted by atomic mass is 10.1. The highest BCUT2D eigenvalue weighted by molar-refractivity contribution is 5.87. The van der Waals surface area contributed by atoms with Gasteiger partial charge in [0.1, 0.15) is 0 Å². The van der Waals surface area contributed by atoms with E-state index in [2.05, 4.69) is 4.90 Å². The van der Waals surface area contributed by atoms with Crippen molar-refractivity contribution in [1.82, 2.24) is 4.90 Å². The molecule has 1 saturated heterocycles. The van der Waals surface area contributed by atoms with Crippen LogP contribution in [0.1, 0.15) is 22.3 Å². The van der Waals surface area contributed by atoms with Crippen LogP contribution >= 0.6 is 0 Å². The van der Waals surface area contributed by atoms with Crippen LogP contribution in [0.25, 0.3) is 0 Å². The second-order valence-electron chi connectivity index (χ2n) is 3.64. The zero-order valence-electron chi connectivity index (χ0n) is 7.94. The molecular weight excluding hydrogens is 178 g/mol. The monoisotopic (exact) mass is 191 g/mol. The molecule has 0 unspecified atom stereocenters. The van der Waals surface area contributed by atoms with Crippen LogP contribution in [0.15, 0.2) is 24.3 Å². The molecule has 1 aliphatic heterocycles. The van der Waals surface area contributed by atoms with Gasteiger partial charge in [0.25, 0.3) is 0 Å². The molecule has 3 nitrogen and oxygen atoms in total. The van der Waals surface area contributed by atoms with Crippen molar-refractivity contribution < 1.29 is 9.90 Å². The summed E-state index contributed by atoms with van der Waals surface area (Å²) in [6.07, 6.45) is 1.26. The Labute approximate surface area is 83.0 Å². The number of nitrogens with zero attached hydrogens (tertiary/aromatic N) is 1. The predicted molar refractivity (Wildman–Crippen MR) is 53.3 cm³/mol. The van der Waals surface area contributed by atoms with E-state index in [4.69, 9.17) is 5.11 Å². The molecule has 0 spiro atoms.